The molecule has 10 heteroatoms. The average Bonchev–Trinajstić information content (AvgIpc) is 2.10. The van der Waals surface area contributed by atoms with Gasteiger partial charge in [0.25, 0.3) is 0 Å². The fourth-order valence-electron chi connectivity index (χ4n) is 0.890. The van der Waals surface area contributed by atoms with Gasteiger partial charge in [-0.2, -0.15) is 13.2 Å². The van der Waals surface area contributed by atoms with Crippen LogP contribution in [0.5, 0.6) is 0 Å². The molecule has 1 rings (SSSR count). The number of carboxylic acids is 1. The summed E-state index contributed by atoms with van der Waals surface area (Å²) in [6.45, 7) is 2.70. The van der Waals surface area contributed by atoms with Gasteiger partial charge in [-0.3, -0.25) is 0 Å². The number of rotatable bonds is 2. The highest BCUT2D eigenvalue weighted by Crippen LogP contribution is 2.13. The highest BCUT2D eigenvalue weighted by atomic mass is 32.2. The molecule has 0 spiro atoms. The van der Waals surface area contributed by atoms with Crippen LogP contribution in [-0.4, -0.2) is 50.6 Å². The fraction of sp³-hybridized carbons (Fsp3) is 0.857. The van der Waals surface area contributed by atoms with Crippen LogP contribution >= 0.6 is 0 Å². The molecule has 2 atom stereocenters. The number of aliphatic carboxylic acids is 1. The summed E-state index contributed by atoms with van der Waals surface area (Å²) < 4.78 is 55.5. The number of hydrogen-bond donors (Lipinski definition) is 3. The van der Waals surface area contributed by atoms with E-state index in [0.717, 1.165) is 6.54 Å². The maximum atomic E-state index is 10.6. The molecule has 0 bridgehead atoms. The Labute approximate surface area is 96.2 Å². The van der Waals surface area contributed by atoms with Gasteiger partial charge in [-0.05, 0) is 6.92 Å². The van der Waals surface area contributed by atoms with E-state index in [-0.39, 0.29) is 12.1 Å². The minimum atomic E-state index is -5.08. The van der Waals surface area contributed by atoms with Crippen molar-refractivity contribution in [3.05, 3.63) is 0 Å². The summed E-state index contributed by atoms with van der Waals surface area (Å²) in [4.78, 5) is 8.90. The van der Waals surface area contributed by atoms with Gasteiger partial charge in [-0.1, -0.05) is 0 Å². The van der Waals surface area contributed by atoms with Crippen LogP contribution in [0.25, 0.3) is 0 Å². The molecule has 0 aromatic heterocycles. The van der Waals surface area contributed by atoms with Crippen molar-refractivity contribution in [1.29, 1.82) is 0 Å². The summed E-state index contributed by atoms with van der Waals surface area (Å²) in [6.07, 6.45) is -3.90. The molecule has 0 aromatic carbocycles. The molecule has 0 amide bonds. The summed E-state index contributed by atoms with van der Waals surface area (Å²) in [5.74, 6) is -2.76. The Morgan fingerprint density at radius 3 is 1.94 bits per heavy atom. The molecule has 3 N–H and O–H groups in total. The van der Waals surface area contributed by atoms with Gasteiger partial charge in [0.2, 0.25) is 10.0 Å². The van der Waals surface area contributed by atoms with Crippen molar-refractivity contribution < 1.29 is 31.5 Å². The third-order valence-electron chi connectivity index (χ3n) is 1.87. The Kier molecular flexibility index (Phi) is 5.36. The molecule has 1 heterocycles. The van der Waals surface area contributed by atoms with Crippen molar-refractivity contribution in [3.63, 3.8) is 0 Å². The highest BCUT2D eigenvalue weighted by molar-refractivity contribution is 7.88. The third kappa shape index (κ3) is 7.13. The molecule has 1 aliphatic heterocycles. The predicted molar refractivity (Wildman–Crippen MR) is 52.9 cm³/mol. The van der Waals surface area contributed by atoms with Crippen LogP contribution in [0.3, 0.4) is 0 Å². The Bertz CT molecular complexity index is 368. The Morgan fingerprint density at radius 2 is 1.88 bits per heavy atom. The summed E-state index contributed by atoms with van der Waals surface area (Å²) in [5.41, 5.74) is 0. The molecule has 6 nitrogen and oxygen atoms in total. The number of nitrogens with one attached hydrogen (secondary N) is 2. The van der Waals surface area contributed by atoms with E-state index in [2.05, 4.69) is 10.0 Å². The minimum Gasteiger partial charge on any atom is -0.475 e. The lowest BCUT2D eigenvalue weighted by Gasteiger charge is -2.35. The van der Waals surface area contributed by atoms with Crippen LogP contribution in [0, 0.1) is 0 Å². The van der Waals surface area contributed by atoms with Crippen LogP contribution in [0.1, 0.15) is 6.92 Å². The van der Waals surface area contributed by atoms with Crippen molar-refractivity contribution in [3.8, 4) is 0 Å². The Hall–Kier alpha value is -0.870. The minimum absolute atomic E-state index is 0.0926. The summed E-state index contributed by atoms with van der Waals surface area (Å²) in [7, 11) is -3.01. The molecule has 0 aliphatic carbocycles. The monoisotopic (exact) mass is 278 g/mol. The van der Waals surface area contributed by atoms with Crippen LogP contribution in [0.2, 0.25) is 0 Å². The Balaban J connectivity index is 0.000000325. The van der Waals surface area contributed by atoms with E-state index in [1.807, 2.05) is 6.92 Å². The number of carbonyl (C=O) groups is 1. The molecule has 0 aromatic rings. The second kappa shape index (κ2) is 5.65. The number of carboxylic acid groups (broad SMARTS) is 1. The molecule has 0 saturated carbocycles. The van der Waals surface area contributed by atoms with Gasteiger partial charge in [0, 0.05) is 18.6 Å². The van der Waals surface area contributed by atoms with E-state index in [9.17, 15) is 21.6 Å². The van der Waals surface area contributed by atoms with E-state index in [4.69, 9.17) is 9.90 Å². The zero-order valence-electron chi connectivity index (χ0n) is 9.08. The van der Waals surface area contributed by atoms with Crippen molar-refractivity contribution in [2.45, 2.75) is 25.2 Å². The maximum absolute atomic E-state index is 10.6. The number of alkyl halides is 3. The van der Waals surface area contributed by atoms with Crippen LogP contribution in [-0.2, 0) is 14.8 Å². The quantitative estimate of drug-likeness (QED) is 0.634. The van der Waals surface area contributed by atoms with E-state index in [1.165, 1.54) is 6.26 Å². The lowest BCUT2D eigenvalue weighted by Crippen LogP contribution is -2.63. The van der Waals surface area contributed by atoms with Crippen molar-refractivity contribution in [2.75, 3.05) is 12.8 Å². The zero-order chi connectivity index (χ0) is 13.9. The first-order valence-corrected chi connectivity index (χ1v) is 6.33. The number of sulfonamides is 1. The smallest absolute Gasteiger partial charge is 0.475 e. The summed E-state index contributed by atoms with van der Waals surface area (Å²) in [5, 5.41) is 10.2. The van der Waals surface area contributed by atoms with Gasteiger partial charge in [0.05, 0.1) is 6.26 Å². The van der Waals surface area contributed by atoms with Crippen LogP contribution < -0.4 is 10.0 Å². The topological polar surface area (TPSA) is 95.5 Å². The molecule has 1 aliphatic rings. The first-order valence-electron chi connectivity index (χ1n) is 4.44. The average molecular weight is 278 g/mol. The van der Waals surface area contributed by atoms with Gasteiger partial charge >= 0.3 is 12.1 Å². The second-order valence-corrected chi connectivity index (χ2v) is 5.28. The molecular formula is C7H13F3N2O4S. The fourth-order valence-corrected chi connectivity index (χ4v) is 1.73. The lowest BCUT2D eigenvalue weighted by atomic mass is 10.0. The largest absolute Gasteiger partial charge is 0.490 e. The lowest BCUT2D eigenvalue weighted by molar-refractivity contribution is -0.192. The van der Waals surface area contributed by atoms with Crippen molar-refractivity contribution in [2.24, 2.45) is 0 Å². The molecule has 102 valence electrons. The van der Waals surface area contributed by atoms with E-state index in [1.54, 1.807) is 0 Å². The van der Waals surface area contributed by atoms with E-state index < -0.39 is 22.2 Å². The summed E-state index contributed by atoms with van der Waals surface area (Å²) >= 11 is 0. The standard InChI is InChI=1S/C5H12N2O2S.C2HF3O2/c1-4-5(3-6-4)7-10(2,8)9;3-2(4,5)1(6)7/h4-7H,3H2,1-2H3;(H,6,7)/t4-,5-;/m1./s1. The molecule has 1 saturated heterocycles. The molecule has 0 radical (unpaired) electrons. The maximum Gasteiger partial charge on any atom is 0.490 e. The first-order chi connectivity index (χ1) is 7.43. The van der Waals surface area contributed by atoms with Gasteiger partial charge in [0.15, 0.2) is 0 Å². The Morgan fingerprint density at radius 1 is 1.47 bits per heavy atom. The summed E-state index contributed by atoms with van der Waals surface area (Å²) in [6, 6.07) is 0.365. The van der Waals surface area contributed by atoms with E-state index >= 15 is 0 Å². The molecular weight excluding hydrogens is 265 g/mol. The van der Waals surface area contributed by atoms with Gasteiger partial charge in [-0.15, -0.1) is 0 Å². The van der Waals surface area contributed by atoms with Gasteiger partial charge in [-0.25, -0.2) is 17.9 Å². The number of hydrogen-bond acceptors (Lipinski definition) is 4. The van der Waals surface area contributed by atoms with Crippen molar-refractivity contribution in [1.82, 2.24) is 10.0 Å². The van der Waals surface area contributed by atoms with Crippen LogP contribution in [0.4, 0.5) is 13.2 Å². The second-order valence-electron chi connectivity index (χ2n) is 3.50. The molecule has 1 fully saturated rings. The first kappa shape index (κ1) is 16.1. The van der Waals surface area contributed by atoms with Gasteiger partial charge < -0.3 is 10.4 Å². The zero-order valence-corrected chi connectivity index (χ0v) is 9.89. The predicted octanol–water partition coefficient (Wildman–Crippen LogP) is -0.471. The van der Waals surface area contributed by atoms with Crippen LogP contribution in [0.15, 0.2) is 0 Å². The molecule has 0 unspecified atom stereocenters. The van der Waals surface area contributed by atoms with Crippen molar-refractivity contribution >= 4 is 16.0 Å². The van der Waals surface area contributed by atoms with Gasteiger partial charge in [0.1, 0.15) is 0 Å². The number of halogens is 3. The molecule has 17 heavy (non-hydrogen) atoms. The highest BCUT2D eigenvalue weighted by Gasteiger charge is 2.38. The van der Waals surface area contributed by atoms with E-state index in [0.29, 0.717) is 0 Å². The third-order valence-corrected chi connectivity index (χ3v) is 2.60. The normalized spacial score (nSPS) is 24.3. The SMILES string of the molecule is C[C@H]1NC[C@H]1NS(C)(=O)=O.O=C(O)C(F)(F)F.